The van der Waals surface area contributed by atoms with Crippen LogP contribution in [0.15, 0.2) is 30.5 Å². The van der Waals surface area contributed by atoms with Crippen molar-refractivity contribution in [2.75, 3.05) is 19.6 Å². The predicted octanol–water partition coefficient (Wildman–Crippen LogP) is 1.86. The molecule has 0 radical (unpaired) electrons. The van der Waals surface area contributed by atoms with E-state index in [-0.39, 0.29) is 18.3 Å². The number of carbonyl (C=O) groups is 1. The summed E-state index contributed by atoms with van der Waals surface area (Å²) in [5, 5.41) is 7.14. The summed E-state index contributed by atoms with van der Waals surface area (Å²) in [4.78, 5) is 14.6. The van der Waals surface area contributed by atoms with Crippen LogP contribution in [0.5, 0.6) is 0 Å². The number of benzene rings is 1. The van der Waals surface area contributed by atoms with Gasteiger partial charge >= 0.3 is 0 Å². The monoisotopic (exact) mass is 281 g/mol. The van der Waals surface area contributed by atoms with E-state index in [1.54, 1.807) is 0 Å². The van der Waals surface area contributed by atoms with Crippen LogP contribution >= 0.6 is 12.4 Å². The van der Waals surface area contributed by atoms with Crippen LogP contribution in [0, 0.1) is 0 Å². The molecule has 0 aliphatic heterocycles. The average Bonchev–Trinajstić information content (AvgIpc) is 2.80. The Morgan fingerprint density at radius 1 is 1.32 bits per heavy atom. The molecule has 1 amide bonds. The number of aromatic nitrogens is 1. The first-order valence-corrected chi connectivity index (χ1v) is 6.33. The summed E-state index contributed by atoms with van der Waals surface area (Å²) in [6, 6.07) is 8.20. The highest BCUT2D eigenvalue weighted by atomic mass is 35.5. The first kappa shape index (κ1) is 15.5. The number of fused-ring (bicyclic) bond motifs is 1. The van der Waals surface area contributed by atoms with Crippen LogP contribution in [0.3, 0.4) is 0 Å². The van der Waals surface area contributed by atoms with Gasteiger partial charge in [0.05, 0.1) is 6.54 Å². The maximum absolute atomic E-state index is 11.4. The van der Waals surface area contributed by atoms with E-state index in [0.29, 0.717) is 13.1 Å². The number of H-pyrrole nitrogens is 1. The van der Waals surface area contributed by atoms with E-state index in [9.17, 15) is 4.79 Å². The highest BCUT2D eigenvalue weighted by molar-refractivity contribution is 5.85. The number of para-hydroxylation sites is 1. The number of amides is 1. The lowest BCUT2D eigenvalue weighted by Gasteiger charge is -2.04. The minimum Gasteiger partial charge on any atom is -0.361 e. The number of halogens is 1. The molecule has 2 rings (SSSR count). The van der Waals surface area contributed by atoms with Crippen LogP contribution in [0.2, 0.25) is 0 Å². The van der Waals surface area contributed by atoms with Gasteiger partial charge in [-0.1, -0.05) is 25.1 Å². The summed E-state index contributed by atoms with van der Waals surface area (Å²) < 4.78 is 0. The molecule has 0 spiro atoms. The third-order valence-electron chi connectivity index (χ3n) is 2.93. The Morgan fingerprint density at radius 2 is 2.11 bits per heavy atom. The molecule has 1 aromatic carbocycles. The van der Waals surface area contributed by atoms with Gasteiger partial charge in [0.2, 0.25) is 5.91 Å². The van der Waals surface area contributed by atoms with Gasteiger partial charge in [-0.15, -0.1) is 12.4 Å². The minimum absolute atomic E-state index is 0. The molecule has 0 bridgehead atoms. The lowest BCUT2D eigenvalue weighted by atomic mass is 10.1. The Morgan fingerprint density at radius 3 is 2.89 bits per heavy atom. The summed E-state index contributed by atoms with van der Waals surface area (Å²) in [7, 11) is 0. The zero-order valence-corrected chi connectivity index (χ0v) is 11.8. The second-order valence-corrected chi connectivity index (χ2v) is 4.24. The third-order valence-corrected chi connectivity index (χ3v) is 2.93. The highest BCUT2D eigenvalue weighted by Crippen LogP contribution is 2.17. The number of hydrogen-bond acceptors (Lipinski definition) is 2. The minimum atomic E-state index is 0. The quantitative estimate of drug-likeness (QED) is 0.757. The Hall–Kier alpha value is -1.52. The second-order valence-electron chi connectivity index (χ2n) is 4.24. The molecule has 0 saturated heterocycles. The molecular weight excluding hydrogens is 262 g/mol. The predicted molar refractivity (Wildman–Crippen MR) is 80.8 cm³/mol. The summed E-state index contributed by atoms with van der Waals surface area (Å²) in [5.41, 5.74) is 2.39. The normalized spacial score (nSPS) is 10.2. The molecule has 3 N–H and O–H groups in total. The van der Waals surface area contributed by atoms with Gasteiger partial charge in [-0.3, -0.25) is 4.79 Å². The molecule has 0 atom stereocenters. The van der Waals surface area contributed by atoms with Crippen molar-refractivity contribution in [1.82, 2.24) is 15.6 Å². The van der Waals surface area contributed by atoms with Gasteiger partial charge < -0.3 is 15.6 Å². The molecule has 0 saturated carbocycles. The summed E-state index contributed by atoms with van der Waals surface area (Å²) in [6.07, 6.45) is 2.86. The number of hydrogen-bond donors (Lipinski definition) is 3. The van der Waals surface area contributed by atoms with E-state index in [1.807, 2.05) is 25.3 Å². The van der Waals surface area contributed by atoms with E-state index in [1.165, 1.54) is 10.9 Å². The van der Waals surface area contributed by atoms with E-state index >= 15 is 0 Å². The van der Waals surface area contributed by atoms with Crippen molar-refractivity contribution in [3.05, 3.63) is 36.0 Å². The molecule has 19 heavy (non-hydrogen) atoms. The maximum Gasteiger partial charge on any atom is 0.233 e. The number of aromatic amines is 1. The number of carbonyl (C=O) groups excluding carboxylic acids is 1. The molecule has 1 aromatic heterocycles. The molecule has 104 valence electrons. The van der Waals surface area contributed by atoms with Gasteiger partial charge in [0.1, 0.15) is 0 Å². The zero-order valence-electron chi connectivity index (χ0n) is 11.0. The Bertz CT molecular complexity index is 524. The first-order chi connectivity index (χ1) is 8.81. The molecular formula is C14H20ClN3O. The van der Waals surface area contributed by atoms with Crippen LogP contribution in [0.25, 0.3) is 10.9 Å². The van der Waals surface area contributed by atoms with Crippen molar-refractivity contribution in [3.63, 3.8) is 0 Å². The van der Waals surface area contributed by atoms with Crippen molar-refractivity contribution in [2.24, 2.45) is 0 Å². The molecule has 0 unspecified atom stereocenters. The summed E-state index contributed by atoms with van der Waals surface area (Å²) in [5.74, 6) is 0.0525. The molecule has 0 aliphatic carbocycles. The van der Waals surface area contributed by atoms with Crippen LogP contribution in [-0.2, 0) is 11.2 Å². The van der Waals surface area contributed by atoms with Crippen LogP contribution in [0.1, 0.15) is 12.5 Å². The van der Waals surface area contributed by atoms with Crippen LogP contribution in [0.4, 0.5) is 0 Å². The Labute approximate surface area is 119 Å². The smallest absolute Gasteiger partial charge is 0.233 e. The SMILES string of the molecule is CCNCC(=O)NCCc1c[nH]c2ccccc12.Cl. The fraction of sp³-hybridized carbons (Fsp3) is 0.357. The first-order valence-electron chi connectivity index (χ1n) is 6.33. The van der Waals surface area contributed by atoms with Crippen molar-refractivity contribution in [3.8, 4) is 0 Å². The lowest BCUT2D eigenvalue weighted by molar-refractivity contribution is -0.120. The number of nitrogens with one attached hydrogen (secondary N) is 3. The molecule has 1 heterocycles. The van der Waals surface area contributed by atoms with Crippen LogP contribution in [-0.4, -0.2) is 30.5 Å². The second kappa shape index (κ2) is 7.81. The van der Waals surface area contributed by atoms with Crippen molar-refractivity contribution in [1.29, 1.82) is 0 Å². The van der Waals surface area contributed by atoms with Gasteiger partial charge in [0.15, 0.2) is 0 Å². The summed E-state index contributed by atoms with van der Waals surface area (Å²) in [6.45, 7) is 3.87. The van der Waals surface area contributed by atoms with Crippen molar-refractivity contribution >= 4 is 29.2 Å². The lowest BCUT2D eigenvalue weighted by Crippen LogP contribution is -2.34. The zero-order chi connectivity index (χ0) is 12.8. The highest BCUT2D eigenvalue weighted by Gasteiger charge is 2.03. The van der Waals surface area contributed by atoms with E-state index < -0.39 is 0 Å². The average molecular weight is 282 g/mol. The maximum atomic E-state index is 11.4. The molecule has 2 aromatic rings. The number of likely N-dealkylation sites (N-methyl/N-ethyl adjacent to an activating group) is 1. The Balaban J connectivity index is 0.00000180. The van der Waals surface area contributed by atoms with Gasteiger partial charge in [-0.2, -0.15) is 0 Å². The number of rotatable bonds is 6. The Kier molecular flexibility index (Phi) is 6.39. The van der Waals surface area contributed by atoms with E-state index in [0.717, 1.165) is 18.5 Å². The third kappa shape index (κ3) is 4.26. The largest absolute Gasteiger partial charge is 0.361 e. The summed E-state index contributed by atoms with van der Waals surface area (Å²) >= 11 is 0. The van der Waals surface area contributed by atoms with Gasteiger partial charge in [-0.05, 0) is 24.6 Å². The van der Waals surface area contributed by atoms with Crippen molar-refractivity contribution in [2.45, 2.75) is 13.3 Å². The van der Waals surface area contributed by atoms with Crippen molar-refractivity contribution < 1.29 is 4.79 Å². The molecule has 4 nitrogen and oxygen atoms in total. The molecule has 0 aliphatic rings. The topological polar surface area (TPSA) is 56.9 Å². The fourth-order valence-electron chi connectivity index (χ4n) is 1.98. The van der Waals surface area contributed by atoms with Gasteiger partial charge in [-0.25, -0.2) is 0 Å². The van der Waals surface area contributed by atoms with E-state index in [2.05, 4.69) is 27.8 Å². The van der Waals surface area contributed by atoms with Crippen LogP contribution < -0.4 is 10.6 Å². The van der Waals surface area contributed by atoms with E-state index in [4.69, 9.17) is 0 Å². The standard InChI is InChI=1S/C14H19N3O.ClH/c1-2-15-10-14(18)16-8-7-11-9-17-13-6-4-3-5-12(11)13;/h3-6,9,15,17H,2,7-8,10H2,1H3,(H,16,18);1H. The van der Waals surface area contributed by atoms with Gasteiger partial charge in [0, 0.05) is 23.6 Å². The van der Waals surface area contributed by atoms with Gasteiger partial charge in [0.25, 0.3) is 0 Å². The fourth-order valence-corrected chi connectivity index (χ4v) is 1.98. The molecule has 0 fully saturated rings. The molecule has 5 heteroatoms.